The normalized spacial score (nSPS) is 15.1. The number of rotatable bonds is 10. The molecule has 3 rings (SSSR count). The molecule has 1 aromatic carbocycles. The van der Waals surface area contributed by atoms with Crippen LogP contribution in [-0.2, 0) is 22.4 Å². The Morgan fingerprint density at radius 2 is 2.03 bits per heavy atom. The van der Waals surface area contributed by atoms with Crippen molar-refractivity contribution in [2.45, 2.75) is 69.2 Å². The Morgan fingerprint density at radius 1 is 1.29 bits per heavy atom. The van der Waals surface area contributed by atoms with Crippen molar-refractivity contribution >= 4 is 29.3 Å². The van der Waals surface area contributed by atoms with Gasteiger partial charge in [-0.3, -0.25) is 14.7 Å². The Kier molecular flexibility index (Phi) is 8.51. The van der Waals surface area contributed by atoms with Gasteiger partial charge in [-0.25, -0.2) is 4.98 Å². The number of carbonyl (C=O) groups is 2. The number of hydrogen-bond acceptors (Lipinski definition) is 5. The van der Waals surface area contributed by atoms with Crippen LogP contribution in [0.2, 0.25) is 0 Å². The highest BCUT2D eigenvalue weighted by Crippen LogP contribution is 2.28. The molecule has 1 fully saturated rings. The largest absolute Gasteiger partial charge is 0.335 e. The number of aryl methyl sites for hydroxylation is 2. The molecule has 1 aromatic heterocycles. The summed E-state index contributed by atoms with van der Waals surface area (Å²) in [6.07, 6.45) is 8.22. The van der Waals surface area contributed by atoms with Crippen molar-refractivity contribution in [3.05, 3.63) is 35.7 Å². The van der Waals surface area contributed by atoms with Crippen molar-refractivity contribution in [1.29, 1.82) is 0 Å². The second-order valence-electron chi connectivity index (χ2n) is 8.27. The zero-order valence-corrected chi connectivity index (χ0v) is 19.5. The maximum Gasteiger partial charge on any atom is 0.243 e. The first-order valence-electron chi connectivity index (χ1n) is 11.2. The first kappa shape index (κ1) is 23.3. The number of hydrogen-bond donors (Lipinski definition) is 2. The van der Waals surface area contributed by atoms with E-state index in [1.54, 1.807) is 7.05 Å². The van der Waals surface area contributed by atoms with Crippen LogP contribution in [0.5, 0.6) is 0 Å². The van der Waals surface area contributed by atoms with Crippen LogP contribution in [0.3, 0.4) is 0 Å². The quantitative estimate of drug-likeness (QED) is 0.540. The van der Waals surface area contributed by atoms with Crippen LogP contribution in [0, 0.1) is 5.92 Å². The first-order chi connectivity index (χ1) is 15.0. The first-order valence-corrected chi connectivity index (χ1v) is 12.0. The highest BCUT2D eigenvalue weighted by molar-refractivity contribution is 8.00. The van der Waals surface area contributed by atoms with E-state index in [4.69, 9.17) is 0 Å². The molecular formula is C23H33N5O2S. The molecule has 0 spiro atoms. The Labute approximate surface area is 188 Å². The lowest BCUT2D eigenvalue weighted by atomic mass is 10.0. The minimum Gasteiger partial charge on any atom is -0.335 e. The summed E-state index contributed by atoms with van der Waals surface area (Å²) in [5.74, 6) is 1.37. The molecule has 1 atom stereocenters. The van der Waals surface area contributed by atoms with Gasteiger partial charge < -0.3 is 10.2 Å². The van der Waals surface area contributed by atoms with Crippen LogP contribution in [0.1, 0.15) is 57.3 Å². The average Bonchev–Trinajstić information content (AvgIpc) is 3.43. The van der Waals surface area contributed by atoms with E-state index < -0.39 is 0 Å². The molecule has 1 saturated carbocycles. The number of para-hydroxylation sites is 1. The van der Waals surface area contributed by atoms with Crippen LogP contribution >= 0.6 is 11.8 Å². The lowest BCUT2D eigenvalue weighted by molar-refractivity contribution is -0.132. The van der Waals surface area contributed by atoms with Crippen molar-refractivity contribution < 1.29 is 9.59 Å². The number of likely N-dealkylation sites (N-methyl/N-ethyl adjacent to an activating group) is 1. The second kappa shape index (κ2) is 11.3. The molecule has 2 aromatic rings. The van der Waals surface area contributed by atoms with Gasteiger partial charge >= 0.3 is 0 Å². The van der Waals surface area contributed by atoms with Crippen LogP contribution in [0.25, 0.3) is 0 Å². The maximum absolute atomic E-state index is 12.7. The van der Waals surface area contributed by atoms with E-state index in [1.165, 1.54) is 42.3 Å². The highest BCUT2D eigenvalue weighted by atomic mass is 32.2. The number of nitrogens with zero attached hydrogens (tertiary/aromatic N) is 3. The van der Waals surface area contributed by atoms with Gasteiger partial charge in [0, 0.05) is 19.2 Å². The summed E-state index contributed by atoms with van der Waals surface area (Å²) in [5.41, 5.74) is 1.87. The van der Waals surface area contributed by atoms with E-state index in [0.717, 1.165) is 42.3 Å². The third kappa shape index (κ3) is 6.82. The smallest absolute Gasteiger partial charge is 0.243 e. The number of aromatic nitrogens is 3. The number of amides is 2. The summed E-state index contributed by atoms with van der Waals surface area (Å²) in [6, 6.07) is 7.71. The van der Waals surface area contributed by atoms with E-state index >= 15 is 0 Å². The number of H-pyrrole nitrogens is 1. The Hall–Kier alpha value is -2.35. The standard InChI is InChI=1S/C23H33N5O2S/c1-4-18-11-7-8-12-19(18)24-21(29)15-28(3)22(30)16(2)31-23-25-20(26-27-23)14-13-17-9-5-6-10-17/h7-8,11-12,16-17H,4-6,9-10,13-15H2,1-3H3,(H,24,29)(H,25,26,27). The van der Waals surface area contributed by atoms with Gasteiger partial charge in [0.25, 0.3) is 0 Å². The Balaban J connectivity index is 1.46. The lowest BCUT2D eigenvalue weighted by Gasteiger charge is -2.20. The van der Waals surface area contributed by atoms with Gasteiger partial charge in [-0.2, -0.15) is 0 Å². The molecule has 1 aliphatic rings. The van der Waals surface area contributed by atoms with Crippen LogP contribution in [0.4, 0.5) is 5.69 Å². The van der Waals surface area contributed by atoms with Gasteiger partial charge in [0.15, 0.2) is 0 Å². The van der Waals surface area contributed by atoms with E-state index in [2.05, 4.69) is 20.5 Å². The van der Waals surface area contributed by atoms with E-state index in [9.17, 15) is 9.59 Å². The van der Waals surface area contributed by atoms with Gasteiger partial charge in [-0.05, 0) is 37.3 Å². The fourth-order valence-corrected chi connectivity index (χ4v) is 4.89. The van der Waals surface area contributed by atoms with Crippen molar-refractivity contribution in [2.75, 3.05) is 18.9 Å². The molecule has 1 heterocycles. The molecule has 0 radical (unpaired) electrons. The molecule has 2 amide bonds. The highest BCUT2D eigenvalue weighted by Gasteiger charge is 2.23. The number of thioether (sulfide) groups is 1. The summed E-state index contributed by atoms with van der Waals surface area (Å²) in [4.78, 5) is 31.1. The molecule has 7 nitrogen and oxygen atoms in total. The number of nitrogens with one attached hydrogen (secondary N) is 2. The van der Waals surface area contributed by atoms with Crippen LogP contribution < -0.4 is 5.32 Å². The zero-order valence-electron chi connectivity index (χ0n) is 18.7. The predicted octanol–water partition coefficient (Wildman–Crippen LogP) is 4.07. The predicted molar refractivity (Wildman–Crippen MR) is 124 cm³/mol. The van der Waals surface area contributed by atoms with Crippen molar-refractivity contribution in [1.82, 2.24) is 20.1 Å². The number of aromatic amines is 1. The van der Waals surface area contributed by atoms with E-state index in [1.807, 2.05) is 38.1 Å². The number of benzene rings is 1. The van der Waals surface area contributed by atoms with Crippen molar-refractivity contribution in [3.8, 4) is 0 Å². The Bertz CT molecular complexity index is 878. The maximum atomic E-state index is 12.7. The summed E-state index contributed by atoms with van der Waals surface area (Å²) in [5, 5.41) is 10.4. The summed E-state index contributed by atoms with van der Waals surface area (Å²) in [7, 11) is 1.65. The molecule has 2 N–H and O–H groups in total. The number of anilines is 1. The minimum absolute atomic E-state index is 0.00240. The van der Waals surface area contributed by atoms with E-state index in [0.29, 0.717) is 5.16 Å². The summed E-state index contributed by atoms with van der Waals surface area (Å²) < 4.78 is 0. The molecule has 1 aliphatic carbocycles. The zero-order chi connectivity index (χ0) is 22.2. The number of carbonyl (C=O) groups excluding carboxylic acids is 2. The third-order valence-electron chi connectivity index (χ3n) is 5.83. The molecular weight excluding hydrogens is 410 g/mol. The average molecular weight is 444 g/mol. The lowest BCUT2D eigenvalue weighted by Crippen LogP contribution is -2.39. The molecule has 1 unspecified atom stereocenters. The molecule has 0 bridgehead atoms. The summed E-state index contributed by atoms with van der Waals surface area (Å²) in [6.45, 7) is 3.87. The third-order valence-corrected chi connectivity index (χ3v) is 6.78. The van der Waals surface area contributed by atoms with E-state index in [-0.39, 0.29) is 23.6 Å². The molecule has 0 saturated heterocycles. The molecule has 31 heavy (non-hydrogen) atoms. The fourth-order valence-electron chi connectivity index (χ4n) is 4.03. The topological polar surface area (TPSA) is 91.0 Å². The van der Waals surface area contributed by atoms with Gasteiger partial charge in [0.05, 0.1) is 11.8 Å². The fraction of sp³-hybridized carbons (Fsp3) is 0.565. The monoisotopic (exact) mass is 443 g/mol. The SMILES string of the molecule is CCc1ccccc1NC(=O)CN(C)C(=O)C(C)Sc1n[nH]c(CCC2CCCC2)n1. The second-order valence-corrected chi connectivity index (χ2v) is 9.58. The van der Waals surface area contributed by atoms with Crippen LogP contribution in [0.15, 0.2) is 29.4 Å². The van der Waals surface area contributed by atoms with Gasteiger partial charge in [0.1, 0.15) is 5.82 Å². The van der Waals surface area contributed by atoms with Crippen molar-refractivity contribution in [3.63, 3.8) is 0 Å². The van der Waals surface area contributed by atoms with Gasteiger partial charge in [-0.1, -0.05) is 62.6 Å². The van der Waals surface area contributed by atoms with Crippen LogP contribution in [-0.4, -0.2) is 50.7 Å². The Morgan fingerprint density at radius 3 is 2.77 bits per heavy atom. The minimum atomic E-state index is -0.376. The van der Waals surface area contributed by atoms with Gasteiger partial charge in [-0.15, -0.1) is 5.10 Å². The molecule has 8 heteroatoms. The van der Waals surface area contributed by atoms with Crippen molar-refractivity contribution in [2.24, 2.45) is 5.92 Å². The van der Waals surface area contributed by atoms with Gasteiger partial charge in [0.2, 0.25) is 17.0 Å². The molecule has 168 valence electrons. The summed E-state index contributed by atoms with van der Waals surface area (Å²) >= 11 is 1.32. The molecule has 0 aliphatic heterocycles.